The van der Waals surface area contributed by atoms with Crippen LogP contribution in [0, 0.1) is 0 Å². The molecule has 6 heteroatoms. The van der Waals surface area contributed by atoms with E-state index in [1.165, 1.54) is 6.92 Å². The number of hydrogen-bond donors (Lipinski definition) is 3. The van der Waals surface area contributed by atoms with Crippen molar-refractivity contribution in [2.75, 3.05) is 46.1 Å². The molecule has 1 amide bonds. The smallest absolute Gasteiger partial charge is 0.216 e. The van der Waals surface area contributed by atoms with Crippen LogP contribution in [0.1, 0.15) is 26.7 Å². The zero-order valence-corrected chi connectivity index (χ0v) is 12.1. The zero-order valence-electron chi connectivity index (χ0n) is 12.1. The molecule has 0 aliphatic heterocycles. The van der Waals surface area contributed by atoms with Crippen molar-refractivity contribution < 1.29 is 19.4 Å². The summed E-state index contributed by atoms with van der Waals surface area (Å²) in [6, 6.07) is 0. The van der Waals surface area contributed by atoms with Gasteiger partial charge in [0, 0.05) is 33.2 Å². The number of carbonyl (C=O) groups excluding carboxylic acids is 1. The number of aliphatic hydroxyl groups is 1. The molecule has 0 saturated carbocycles. The minimum Gasteiger partial charge on any atom is -0.389 e. The number of amides is 1. The summed E-state index contributed by atoms with van der Waals surface area (Å²) >= 11 is 0. The van der Waals surface area contributed by atoms with E-state index in [-0.39, 0.29) is 5.91 Å². The van der Waals surface area contributed by atoms with Gasteiger partial charge in [0.1, 0.15) is 0 Å². The Kier molecular flexibility index (Phi) is 13.2. The van der Waals surface area contributed by atoms with Gasteiger partial charge in [0.15, 0.2) is 0 Å². The molecular formula is C13H28N2O4. The van der Waals surface area contributed by atoms with Crippen LogP contribution < -0.4 is 10.6 Å². The first kappa shape index (κ1) is 18.3. The normalized spacial score (nSPS) is 12.4. The molecule has 0 radical (unpaired) electrons. The standard InChI is InChI=1S/C13H28N2O4/c1-3-4-7-18-8-9-19-11-13(17)10-14-5-6-15-12(2)16/h13-14,17H,3-11H2,1-2H3,(H,15,16). The zero-order chi connectivity index (χ0) is 14.3. The Morgan fingerprint density at radius 2 is 1.95 bits per heavy atom. The highest BCUT2D eigenvalue weighted by Crippen LogP contribution is 1.89. The van der Waals surface area contributed by atoms with Crippen molar-refractivity contribution in [2.24, 2.45) is 0 Å². The molecule has 0 fully saturated rings. The number of aliphatic hydroxyl groups excluding tert-OH is 1. The predicted molar refractivity (Wildman–Crippen MR) is 74.1 cm³/mol. The molecule has 0 rings (SSSR count). The van der Waals surface area contributed by atoms with Crippen LogP contribution in [0.3, 0.4) is 0 Å². The number of ether oxygens (including phenoxy) is 2. The Bertz CT molecular complexity index is 215. The van der Waals surface area contributed by atoms with Crippen LogP contribution in [0.4, 0.5) is 0 Å². The van der Waals surface area contributed by atoms with E-state index in [2.05, 4.69) is 17.6 Å². The van der Waals surface area contributed by atoms with Gasteiger partial charge in [-0.05, 0) is 6.42 Å². The van der Waals surface area contributed by atoms with Gasteiger partial charge >= 0.3 is 0 Å². The Morgan fingerprint density at radius 3 is 2.63 bits per heavy atom. The molecule has 1 unspecified atom stereocenters. The number of unbranched alkanes of at least 4 members (excludes halogenated alkanes) is 1. The molecule has 0 aromatic carbocycles. The quantitative estimate of drug-likeness (QED) is 0.410. The van der Waals surface area contributed by atoms with Gasteiger partial charge in [-0.3, -0.25) is 4.79 Å². The maximum absolute atomic E-state index is 10.6. The van der Waals surface area contributed by atoms with E-state index in [4.69, 9.17) is 9.47 Å². The lowest BCUT2D eigenvalue weighted by molar-refractivity contribution is -0.118. The first-order valence-corrected chi connectivity index (χ1v) is 6.95. The monoisotopic (exact) mass is 276 g/mol. The summed E-state index contributed by atoms with van der Waals surface area (Å²) < 4.78 is 10.6. The molecule has 19 heavy (non-hydrogen) atoms. The van der Waals surface area contributed by atoms with E-state index in [1.54, 1.807) is 0 Å². The summed E-state index contributed by atoms with van der Waals surface area (Å²) in [5.41, 5.74) is 0. The number of nitrogens with one attached hydrogen (secondary N) is 2. The third-order valence-electron chi connectivity index (χ3n) is 2.38. The first-order valence-electron chi connectivity index (χ1n) is 6.95. The summed E-state index contributed by atoms with van der Waals surface area (Å²) in [7, 11) is 0. The van der Waals surface area contributed by atoms with Crippen LogP contribution in [-0.4, -0.2) is 63.2 Å². The largest absolute Gasteiger partial charge is 0.389 e. The van der Waals surface area contributed by atoms with Crippen molar-refractivity contribution >= 4 is 5.91 Å². The van der Waals surface area contributed by atoms with E-state index < -0.39 is 6.10 Å². The molecule has 0 bridgehead atoms. The van der Waals surface area contributed by atoms with Gasteiger partial charge in [-0.1, -0.05) is 13.3 Å². The molecule has 0 aromatic rings. The van der Waals surface area contributed by atoms with Gasteiger partial charge in [-0.15, -0.1) is 0 Å². The van der Waals surface area contributed by atoms with Gasteiger partial charge in [0.2, 0.25) is 5.91 Å². The summed E-state index contributed by atoms with van der Waals surface area (Å²) in [6.07, 6.45) is 1.66. The van der Waals surface area contributed by atoms with Crippen LogP contribution in [0.15, 0.2) is 0 Å². The van der Waals surface area contributed by atoms with Crippen molar-refractivity contribution in [1.29, 1.82) is 0 Å². The summed E-state index contributed by atoms with van der Waals surface area (Å²) in [5.74, 6) is -0.0474. The van der Waals surface area contributed by atoms with Gasteiger partial charge in [-0.25, -0.2) is 0 Å². The Morgan fingerprint density at radius 1 is 1.21 bits per heavy atom. The minimum atomic E-state index is -0.534. The second-order valence-corrected chi connectivity index (χ2v) is 4.38. The van der Waals surface area contributed by atoms with E-state index in [0.29, 0.717) is 39.5 Å². The van der Waals surface area contributed by atoms with Crippen LogP contribution in [0.5, 0.6) is 0 Å². The van der Waals surface area contributed by atoms with Crippen molar-refractivity contribution in [1.82, 2.24) is 10.6 Å². The van der Waals surface area contributed by atoms with Crippen LogP contribution >= 0.6 is 0 Å². The summed E-state index contributed by atoms with van der Waals surface area (Å²) in [5, 5.41) is 15.3. The Hall–Kier alpha value is -0.690. The minimum absolute atomic E-state index is 0.0474. The van der Waals surface area contributed by atoms with Crippen molar-refractivity contribution in [2.45, 2.75) is 32.8 Å². The van der Waals surface area contributed by atoms with Crippen molar-refractivity contribution in [3.05, 3.63) is 0 Å². The molecule has 0 aliphatic carbocycles. The van der Waals surface area contributed by atoms with Gasteiger partial charge in [-0.2, -0.15) is 0 Å². The van der Waals surface area contributed by atoms with Gasteiger partial charge < -0.3 is 25.2 Å². The van der Waals surface area contributed by atoms with Crippen LogP contribution in [-0.2, 0) is 14.3 Å². The second kappa shape index (κ2) is 13.7. The lowest BCUT2D eigenvalue weighted by Crippen LogP contribution is -2.36. The Balaban J connectivity index is 3.16. The third kappa shape index (κ3) is 15.3. The topological polar surface area (TPSA) is 79.8 Å². The van der Waals surface area contributed by atoms with E-state index in [0.717, 1.165) is 19.4 Å². The second-order valence-electron chi connectivity index (χ2n) is 4.38. The average molecular weight is 276 g/mol. The van der Waals surface area contributed by atoms with E-state index >= 15 is 0 Å². The lowest BCUT2D eigenvalue weighted by Gasteiger charge is -2.12. The molecule has 0 saturated heterocycles. The molecule has 3 N–H and O–H groups in total. The van der Waals surface area contributed by atoms with Gasteiger partial charge in [0.25, 0.3) is 0 Å². The highest BCUT2D eigenvalue weighted by atomic mass is 16.5. The maximum atomic E-state index is 10.6. The van der Waals surface area contributed by atoms with E-state index in [9.17, 15) is 9.90 Å². The maximum Gasteiger partial charge on any atom is 0.216 e. The van der Waals surface area contributed by atoms with Crippen molar-refractivity contribution in [3.8, 4) is 0 Å². The molecule has 0 aromatic heterocycles. The molecule has 0 spiro atoms. The van der Waals surface area contributed by atoms with Crippen molar-refractivity contribution in [3.63, 3.8) is 0 Å². The molecular weight excluding hydrogens is 248 g/mol. The predicted octanol–water partition coefficient (Wildman–Crippen LogP) is -0.0937. The molecule has 1 atom stereocenters. The molecule has 114 valence electrons. The van der Waals surface area contributed by atoms with E-state index in [1.807, 2.05) is 0 Å². The highest BCUT2D eigenvalue weighted by Gasteiger charge is 2.03. The molecule has 0 aliphatic rings. The average Bonchev–Trinajstić information content (AvgIpc) is 2.37. The van der Waals surface area contributed by atoms with Crippen LogP contribution in [0.2, 0.25) is 0 Å². The fraction of sp³-hybridized carbons (Fsp3) is 0.923. The fourth-order valence-corrected chi connectivity index (χ4v) is 1.34. The lowest BCUT2D eigenvalue weighted by atomic mass is 10.3. The highest BCUT2D eigenvalue weighted by molar-refractivity contribution is 5.72. The summed E-state index contributed by atoms with van der Waals surface area (Å²) in [4.78, 5) is 10.6. The fourth-order valence-electron chi connectivity index (χ4n) is 1.34. The number of hydrogen-bond acceptors (Lipinski definition) is 5. The number of carbonyl (C=O) groups is 1. The molecule has 6 nitrogen and oxygen atoms in total. The van der Waals surface area contributed by atoms with Gasteiger partial charge in [0.05, 0.1) is 25.9 Å². The first-order chi connectivity index (χ1) is 9.16. The third-order valence-corrected chi connectivity index (χ3v) is 2.38. The van der Waals surface area contributed by atoms with Crippen LogP contribution in [0.25, 0.3) is 0 Å². The number of rotatable bonds is 13. The summed E-state index contributed by atoms with van der Waals surface area (Å²) in [6.45, 7) is 7.40. The Labute approximate surface area is 115 Å². The molecule has 0 heterocycles. The SMILES string of the molecule is CCCCOCCOCC(O)CNCCNC(C)=O.